The average Bonchev–Trinajstić information content (AvgIpc) is 2.56. The average molecular weight is 336 g/mol. The van der Waals surface area contributed by atoms with Gasteiger partial charge < -0.3 is 14.2 Å². The highest BCUT2D eigenvalue weighted by Gasteiger charge is 2.18. The lowest BCUT2D eigenvalue weighted by atomic mass is 10.2. The predicted octanol–water partition coefficient (Wildman–Crippen LogP) is 3.08. The fraction of sp³-hybridized carbons (Fsp3) is 0.294. The van der Waals surface area contributed by atoms with Gasteiger partial charge in [-0.3, -0.25) is 0 Å². The number of rotatable bonds is 7. The largest absolute Gasteiger partial charge is 0.494 e. The van der Waals surface area contributed by atoms with E-state index in [1.54, 1.807) is 30.3 Å². The maximum absolute atomic E-state index is 12.6. The molecule has 0 aromatic heterocycles. The molecule has 6 heteroatoms. The van der Waals surface area contributed by atoms with Crippen molar-refractivity contribution < 1.29 is 22.6 Å². The van der Waals surface area contributed by atoms with Crippen LogP contribution in [-0.4, -0.2) is 29.2 Å². The molecule has 0 N–H and O–H groups in total. The van der Waals surface area contributed by atoms with Crippen molar-refractivity contribution in [3.05, 3.63) is 48.0 Å². The number of sulfone groups is 1. The summed E-state index contributed by atoms with van der Waals surface area (Å²) in [5.41, 5.74) is 0.697. The van der Waals surface area contributed by atoms with E-state index in [4.69, 9.17) is 14.2 Å². The van der Waals surface area contributed by atoms with Crippen molar-refractivity contribution in [2.24, 2.45) is 0 Å². The van der Waals surface area contributed by atoms with Crippen molar-refractivity contribution in [3.63, 3.8) is 0 Å². The molecule has 2 rings (SSSR count). The Morgan fingerprint density at radius 2 is 1.57 bits per heavy atom. The molecule has 0 bridgehead atoms. The topological polar surface area (TPSA) is 61.8 Å². The first kappa shape index (κ1) is 17.1. The molecule has 0 spiro atoms. The lowest BCUT2D eigenvalue weighted by molar-refractivity contribution is 0.340. The molecule has 0 fully saturated rings. The summed E-state index contributed by atoms with van der Waals surface area (Å²) in [7, 11) is -0.494. The van der Waals surface area contributed by atoms with E-state index < -0.39 is 9.84 Å². The minimum atomic E-state index is -3.47. The van der Waals surface area contributed by atoms with Gasteiger partial charge in [-0.15, -0.1) is 0 Å². The molecule has 0 amide bonds. The Hall–Kier alpha value is -2.21. The monoisotopic (exact) mass is 336 g/mol. The third-order valence-electron chi connectivity index (χ3n) is 3.31. The Kier molecular flexibility index (Phi) is 5.50. The fourth-order valence-electron chi connectivity index (χ4n) is 2.16. The van der Waals surface area contributed by atoms with Gasteiger partial charge in [0.25, 0.3) is 0 Å². The van der Waals surface area contributed by atoms with E-state index in [2.05, 4.69) is 0 Å². The first-order chi connectivity index (χ1) is 11.0. The van der Waals surface area contributed by atoms with Crippen LogP contribution in [-0.2, 0) is 15.6 Å². The van der Waals surface area contributed by atoms with Crippen LogP contribution >= 0.6 is 0 Å². The lowest BCUT2D eigenvalue weighted by Crippen LogP contribution is -2.05. The Morgan fingerprint density at radius 3 is 2.13 bits per heavy atom. The normalized spacial score (nSPS) is 11.1. The summed E-state index contributed by atoms with van der Waals surface area (Å²) < 4.78 is 40.7. The van der Waals surface area contributed by atoms with Crippen LogP contribution in [0.15, 0.2) is 47.4 Å². The summed E-state index contributed by atoms with van der Waals surface area (Å²) >= 11 is 0. The lowest BCUT2D eigenvalue weighted by Gasteiger charge is -2.10. The molecule has 0 atom stereocenters. The van der Waals surface area contributed by atoms with Crippen molar-refractivity contribution in [2.75, 3.05) is 20.8 Å². The van der Waals surface area contributed by atoms with Crippen LogP contribution in [0.2, 0.25) is 0 Å². The van der Waals surface area contributed by atoms with Gasteiger partial charge in [0.15, 0.2) is 21.3 Å². The van der Waals surface area contributed by atoms with E-state index >= 15 is 0 Å². The number of hydrogen-bond donors (Lipinski definition) is 0. The molecule has 5 nitrogen and oxygen atoms in total. The Balaban J connectivity index is 2.24. The molecule has 2 aromatic rings. The smallest absolute Gasteiger partial charge is 0.182 e. The highest BCUT2D eigenvalue weighted by molar-refractivity contribution is 7.90. The minimum absolute atomic E-state index is 0.0884. The van der Waals surface area contributed by atoms with Gasteiger partial charge in [0.1, 0.15) is 5.75 Å². The van der Waals surface area contributed by atoms with Gasteiger partial charge in [0, 0.05) is 6.07 Å². The van der Waals surface area contributed by atoms with Crippen LogP contribution < -0.4 is 14.2 Å². The van der Waals surface area contributed by atoms with Crippen molar-refractivity contribution in [1.29, 1.82) is 0 Å². The van der Waals surface area contributed by atoms with Gasteiger partial charge in [-0.05, 0) is 36.8 Å². The van der Waals surface area contributed by atoms with E-state index in [1.807, 2.05) is 6.92 Å². The van der Waals surface area contributed by atoms with Gasteiger partial charge in [-0.1, -0.05) is 12.1 Å². The van der Waals surface area contributed by atoms with Gasteiger partial charge in [-0.2, -0.15) is 0 Å². The molecule has 2 aromatic carbocycles. The number of hydrogen-bond acceptors (Lipinski definition) is 5. The molecule has 0 radical (unpaired) electrons. The van der Waals surface area contributed by atoms with Crippen LogP contribution in [0.25, 0.3) is 0 Å². The summed E-state index contributed by atoms with van der Waals surface area (Å²) in [6.45, 7) is 2.47. The van der Waals surface area contributed by atoms with Crippen LogP contribution in [0, 0.1) is 0 Å². The van der Waals surface area contributed by atoms with E-state index in [1.165, 1.54) is 26.4 Å². The Labute approximate surface area is 136 Å². The zero-order valence-corrected chi connectivity index (χ0v) is 14.2. The fourth-order valence-corrected chi connectivity index (χ4v) is 3.52. The van der Waals surface area contributed by atoms with E-state index in [9.17, 15) is 8.42 Å². The van der Waals surface area contributed by atoms with Crippen molar-refractivity contribution >= 4 is 9.84 Å². The molecule has 23 heavy (non-hydrogen) atoms. The maximum Gasteiger partial charge on any atom is 0.182 e. The van der Waals surface area contributed by atoms with Crippen LogP contribution in [0.1, 0.15) is 12.5 Å². The Bertz CT molecular complexity index is 751. The zero-order chi connectivity index (χ0) is 16.9. The third kappa shape index (κ3) is 4.16. The van der Waals surface area contributed by atoms with Gasteiger partial charge in [-0.25, -0.2) is 8.42 Å². The molecule has 0 saturated carbocycles. The first-order valence-corrected chi connectivity index (χ1v) is 8.82. The predicted molar refractivity (Wildman–Crippen MR) is 88.0 cm³/mol. The Morgan fingerprint density at radius 1 is 0.913 bits per heavy atom. The quantitative estimate of drug-likeness (QED) is 0.777. The van der Waals surface area contributed by atoms with Gasteiger partial charge >= 0.3 is 0 Å². The zero-order valence-electron chi connectivity index (χ0n) is 13.4. The maximum atomic E-state index is 12.6. The molecule has 0 unspecified atom stereocenters. The van der Waals surface area contributed by atoms with Gasteiger partial charge in [0.2, 0.25) is 0 Å². The molecular weight excluding hydrogens is 316 g/mol. The summed E-state index contributed by atoms with van der Waals surface area (Å²) in [5.74, 6) is 1.52. The first-order valence-electron chi connectivity index (χ1n) is 7.16. The molecule has 0 heterocycles. The molecule has 0 aliphatic heterocycles. The molecule has 0 saturated heterocycles. The van der Waals surface area contributed by atoms with E-state index in [-0.39, 0.29) is 10.6 Å². The number of benzene rings is 2. The third-order valence-corrected chi connectivity index (χ3v) is 4.99. The molecule has 0 aliphatic rings. The minimum Gasteiger partial charge on any atom is -0.494 e. The van der Waals surface area contributed by atoms with E-state index in [0.29, 0.717) is 23.7 Å². The highest BCUT2D eigenvalue weighted by Crippen LogP contribution is 2.30. The van der Waals surface area contributed by atoms with Crippen LogP contribution in [0.3, 0.4) is 0 Å². The summed E-state index contributed by atoms with van der Waals surface area (Å²) in [6.07, 6.45) is 0. The molecule has 0 aliphatic carbocycles. The van der Waals surface area contributed by atoms with E-state index in [0.717, 1.165) is 5.75 Å². The van der Waals surface area contributed by atoms with Crippen molar-refractivity contribution in [3.8, 4) is 17.2 Å². The second-order valence-electron chi connectivity index (χ2n) is 4.85. The standard InChI is InChI=1S/C17H20O5S/c1-4-22-14-7-5-13(6-8-14)12-23(18,19)15-9-10-16(20-2)17(11-15)21-3/h5-11H,4,12H2,1-3H3. The summed E-state index contributed by atoms with van der Waals surface area (Å²) in [4.78, 5) is 0.198. The SMILES string of the molecule is CCOc1ccc(CS(=O)(=O)c2ccc(OC)c(OC)c2)cc1. The second kappa shape index (κ2) is 7.37. The summed E-state index contributed by atoms with van der Waals surface area (Å²) in [6, 6.07) is 11.6. The highest BCUT2D eigenvalue weighted by atomic mass is 32.2. The molecule has 124 valence electrons. The van der Waals surface area contributed by atoms with Crippen molar-refractivity contribution in [2.45, 2.75) is 17.6 Å². The summed E-state index contributed by atoms with van der Waals surface area (Å²) in [5, 5.41) is 0. The number of methoxy groups -OCH3 is 2. The van der Waals surface area contributed by atoms with Gasteiger partial charge in [0.05, 0.1) is 31.5 Å². The van der Waals surface area contributed by atoms with Crippen LogP contribution in [0.5, 0.6) is 17.2 Å². The van der Waals surface area contributed by atoms with Crippen molar-refractivity contribution in [1.82, 2.24) is 0 Å². The number of ether oxygens (including phenoxy) is 3. The molecular formula is C17H20O5S. The second-order valence-corrected chi connectivity index (χ2v) is 6.84. The van der Waals surface area contributed by atoms with Crippen LogP contribution in [0.4, 0.5) is 0 Å².